The number of rotatable bonds is 3. The Morgan fingerprint density at radius 1 is 1.29 bits per heavy atom. The molecule has 2 N–H and O–H groups in total. The third kappa shape index (κ3) is 2.50. The minimum Gasteiger partial charge on any atom is -0.398 e. The van der Waals surface area contributed by atoms with Crippen LogP contribution in [0.4, 0.5) is 10.1 Å². The molecule has 0 aliphatic heterocycles. The van der Waals surface area contributed by atoms with Crippen LogP contribution < -0.4 is 5.73 Å². The molecule has 0 aliphatic carbocycles. The zero-order valence-electron chi connectivity index (χ0n) is 11.6. The lowest BCUT2D eigenvalue weighted by Crippen LogP contribution is -2.02. The summed E-state index contributed by atoms with van der Waals surface area (Å²) in [6.45, 7) is 2.87. The minimum atomic E-state index is -0.298. The van der Waals surface area contributed by atoms with Crippen LogP contribution in [0.25, 0.3) is 22.4 Å². The largest absolute Gasteiger partial charge is 0.398 e. The van der Waals surface area contributed by atoms with Gasteiger partial charge in [-0.25, -0.2) is 9.37 Å². The standard InChI is InChI=1S/C16H15FIN3/c1-2-8-21-14-5-3-4-12(17)15(14)20-16(21)11-9-10(18)6-7-13(11)19/h3-7,9H,2,8,19H2,1H3. The summed E-state index contributed by atoms with van der Waals surface area (Å²) >= 11 is 2.24. The fourth-order valence-corrected chi connectivity index (χ4v) is 2.98. The lowest BCUT2D eigenvalue weighted by Gasteiger charge is -2.10. The fraction of sp³-hybridized carbons (Fsp3) is 0.188. The smallest absolute Gasteiger partial charge is 0.151 e. The van der Waals surface area contributed by atoms with Gasteiger partial charge in [0.25, 0.3) is 0 Å². The van der Waals surface area contributed by atoms with Gasteiger partial charge in [0.15, 0.2) is 5.82 Å². The Bertz CT molecular complexity index is 811. The third-order valence-corrected chi connectivity index (χ3v) is 4.10. The molecular weight excluding hydrogens is 380 g/mol. The molecule has 3 rings (SSSR count). The molecule has 3 nitrogen and oxygen atoms in total. The number of anilines is 1. The first-order valence-electron chi connectivity index (χ1n) is 6.82. The van der Waals surface area contributed by atoms with E-state index in [9.17, 15) is 4.39 Å². The van der Waals surface area contributed by atoms with Crippen molar-refractivity contribution in [3.8, 4) is 11.4 Å². The van der Waals surface area contributed by atoms with Crippen molar-refractivity contribution in [3.05, 3.63) is 45.8 Å². The average molecular weight is 395 g/mol. The maximum absolute atomic E-state index is 14.0. The van der Waals surface area contributed by atoms with Gasteiger partial charge in [-0.1, -0.05) is 13.0 Å². The highest BCUT2D eigenvalue weighted by atomic mass is 127. The quantitative estimate of drug-likeness (QED) is 0.527. The van der Waals surface area contributed by atoms with E-state index >= 15 is 0 Å². The SMILES string of the molecule is CCCn1c(-c2cc(I)ccc2N)nc2c(F)cccc21. The Morgan fingerprint density at radius 3 is 2.86 bits per heavy atom. The number of nitrogens with zero attached hydrogens (tertiary/aromatic N) is 2. The second-order valence-electron chi connectivity index (χ2n) is 4.93. The summed E-state index contributed by atoms with van der Waals surface area (Å²) < 4.78 is 17.1. The van der Waals surface area contributed by atoms with Crippen LogP contribution in [-0.4, -0.2) is 9.55 Å². The molecule has 0 saturated heterocycles. The molecule has 3 aromatic rings. The van der Waals surface area contributed by atoms with Gasteiger partial charge in [0.1, 0.15) is 11.3 Å². The summed E-state index contributed by atoms with van der Waals surface area (Å²) in [5.41, 5.74) is 8.82. The van der Waals surface area contributed by atoms with Crippen LogP contribution in [0, 0.1) is 9.39 Å². The van der Waals surface area contributed by atoms with Gasteiger partial charge in [0.05, 0.1) is 5.52 Å². The number of hydrogen-bond acceptors (Lipinski definition) is 2. The predicted molar refractivity (Wildman–Crippen MR) is 92.5 cm³/mol. The third-order valence-electron chi connectivity index (χ3n) is 3.43. The molecule has 0 atom stereocenters. The van der Waals surface area contributed by atoms with Crippen LogP contribution in [0.5, 0.6) is 0 Å². The highest BCUT2D eigenvalue weighted by Crippen LogP contribution is 2.31. The number of nitrogens with two attached hydrogens (primary N) is 1. The van der Waals surface area contributed by atoms with Gasteiger partial charge in [0.2, 0.25) is 0 Å². The van der Waals surface area contributed by atoms with E-state index in [2.05, 4.69) is 34.5 Å². The summed E-state index contributed by atoms with van der Waals surface area (Å²) in [5.74, 6) is 0.431. The number of fused-ring (bicyclic) bond motifs is 1. The first-order chi connectivity index (χ1) is 10.1. The van der Waals surface area contributed by atoms with Gasteiger partial charge in [-0.15, -0.1) is 0 Å². The number of para-hydroxylation sites is 1. The van der Waals surface area contributed by atoms with E-state index in [0.29, 0.717) is 11.2 Å². The maximum atomic E-state index is 14.0. The molecule has 0 aliphatic rings. The fourth-order valence-electron chi connectivity index (χ4n) is 2.49. The molecule has 21 heavy (non-hydrogen) atoms. The Morgan fingerprint density at radius 2 is 2.10 bits per heavy atom. The lowest BCUT2D eigenvalue weighted by atomic mass is 10.1. The van der Waals surface area contributed by atoms with Gasteiger partial charge in [-0.05, 0) is 59.3 Å². The summed E-state index contributed by atoms with van der Waals surface area (Å²) in [4.78, 5) is 4.51. The highest BCUT2D eigenvalue weighted by Gasteiger charge is 2.16. The minimum absolute atomic E-state index is 0.298. The second-order valence-corrected chi connectivity index (χ2v) is 6.17. The predicted octanol–water partition coefficient (Wildman–Crippen LogP) is 4.44. The van der Waals surface area contributed by atoms with E-state index in [4.69, 9.17) is 5.73 Å². The van der Waals surface area contributed by atoms with Crippen molar-refractivity contribution in [1.29, 1.82) is 0 Å². The van der Waals surface area contributed by atoms with Crippen molar-refractivity contribution in [3.63, 3.8) is 0 Å². The second kappa shape index (κ2) is 5.63. The Labute approximate surface area is 136 Å². The van der Waals surface area contributed by atoms with Crippen LogP contribution in [0.15, 0.2) is 36.4 Å². The first kappa shape index (κ1) is 14.3. The normalized spacial score (nSPS) is 11.2. The van der Waals surface area contributed by atoms with E-state index < -0.39 is 0 Å². The number of imidazole rings is 1. The van der Waals surface area contributed by atoms with Crippen molar-refractivity contribution < 1.29 is 4.39 Å². The van der Waals surface area contributed by atoms with E-state index in [1.807, 2.05) is 28.8 Å². The number of benzene rings is 2. The molecular formula is C16H15FIN3. The van der Waals surface area contributed by atoms with Gasteiger partial charge in [-0.3, -0.25) is 0 Å². The van der Waals surface area contributed by atoms with E-state index in [0.717, 1.165) is 33.4 Å². The zero-order valence-corrected chi connectivity index (χ0v) is 13.8. The molecule has 0 spiro atoms. The molecule has 0 saturated carbocycles. The molecule has 0 unspecified atom stereocenters. The molecule has 1 aromatic heterocycles. The van der Waals surface area contributed by atoms with Crippen LogP contribution in [-0.2, 0) is 6.54 Å². The van der Waals surface area contributed by atoms with Crippen molar-refractivity contribution in [2.45, 2.75) is 19.9 Å². The molecule has 5 heteroatoms. The van der Waals surface area contributed by atoms with Crippen molar-refractivity contribution >= 4 is 39.3 Å². The van der Waals surface area contributed by atoms with Crippen LogP contribution in [0.1, 0.15) is 13.3 Å². The number of aryl methyl sites for hydroxylation is 1. The molecule has 2 aromatic carbocycles. The summed E-state index contributed by atoms with van der Waals surface area (Å²) in [5, 5.41) is 0. The van der Waals surface area contributed by atoms with Gasteiger partial charge in [-0.2, -0.15) is 0 Å². The lowest BCUT2D eigenvalue weighted by molar-refractivity contribution is 0.637. The highest BCUT2D eigenvalue weighted by molar-refractivity contribution is 14.1. The Hall–Kier alpha value is -1.63. The van der Waals surface area contributed by atoms with Crippen LogP contribution in [0.3, 0.4) is 0 Å². The van der Waals surface area contributed by atoms with Gasteiger partial charge in [0, 0.05) is 21.4 Å². The summed E-state index contributed by atoms with van der Waals surface area (Å²) in [6.07, 6.45) is 0.943. The van der Waals surface area contributed by atoms with E-state index in [-0.39, 0.29) is 5.82 Å². The van der Waals surface area contributed by atoms with Crippen molar-refractivity contribution in [2.75, 3.05) is 5.73 Å². The molecule has 1 heterocycles. The number of aromatic nitrogens is 2. The molecule has 0 fully saturated rings. The number of halogens is 2. The molecule has 108 valence electrons. The van der Waals surface area contributed by atoms with Crippen molar-refractivity contribution in [2.24, 2.45) is 0 Å². The average Bonchev–Trinajstić information content (AvgIpc) is 2.82. The van der Waals surface area contributed by atoms with Crippen LogP contribution >= 0.6 is 22.6 Å². The van der Waals surface area contributed by atoms with Crippen LogP contribution in [0.2, 0.25) is 0 Å². The topological polar surface area (TPSA) is 43.8 Å². The summed E-state index contributed by atoms with van der Waals surface area (Å²) in [6, 6.07) is 10.9. The zero-order chi connectivity index (χ0) is 15.0. The van der Waals surface area contributed by atoms with E-state index in [1.54, 1.807) is 6.07 Å². The van der Waals surface area contributed by atoms with Gasteiger partial charge < -0.3 is 10.3 Å². The maximum Gasteiger partial charge on any atom is 0.151 e. The monoisotopic (exact) mass is 395 g/mol. The Kier molecular flexibility index (Phi) is 3.84. The Balaban J connectivity index is 2.33. The van der Waals surface area contributed by atoms with Gasteiger partial charge >= 0.3 is 0 Å². The summed E-state index contributed by atoms with van der Waals surface area (Å²) in [7, 11) is 0. The molecule has 0 amide bonds. The first-order valence-corrected chi connectivity index (χ1v) is 7.90. The van der Waals surface area contributed by atoms with Crippen molar-refractivity contribution in [1.82, 2.24) is 9.55 Å². The number of nitrogen functional groups attached to an aromatic ring is 1. The number of hydrogen-bond donors (Lipinski definition) is 1. The van der Waals surface area contributed by atoms with E-state index in [1.165, 1.54) is 6.07 Å². The molecule has 0 radical (unpaired) electrons. The molecule has 0 bridgehead atoms.